The van der Waals surface area contributed by atoms with E-state index in [9.17, 15) is 9.59 Å². The molecule has 1 aromatic carbocycles. The quantitative estimate of drug-likeness (QED) is 0.545. The zero-order valence-electron chi connectivity index (χ0n) is 11.1. The van der Waals surface area contributed by atoms with Crippen LogP contribution in [-0.2, 0) is 20.7 Å². The number of ether oxygens (including phenoxy) is 1. The Balaban J connectivity index is 1.85. The van der Waals surface area contributed by atoms with E-state index in [-0.39, 0.29) is 5.57 Å². The summed E-state index contributed by atoms with van der Waals surface area (Å²) in [4.78, 5) is 25.0. The van der Waals surface area contributed by atoms with E-state index >= 15 is 0 Å². The van der Waals surface area contributed by atoms with E-state index in [0.29, 0.717) is 28.6 Å². The van der Waals surface area contributed by atoms with Crippen LogP contribution in [0.5, 0.6) is 0 Å². The summed E-state index contributed by atoms with van der Waals surface area (Å²) in [7, 11) is 0. The number of carbonyl (C=O) groups is 2. The predicted molar refractivity (Wildman–Crippen MR) is 77.8 cm³/mol. The topological polar surface area (TPSA) is 82.3 Å². The summed E-state index contributed by atoms with van der Waals surface area (Å²) in [5, 5.41) is 9.39. The highest BCUT2D eigenvalue weighted by molar-refractivity contribution is 7.09. The van der Waals surface area contributed by atoms with Gasteiger partial charge in [-0.2, -0.15) is 0 Å². The molecule has 0 saturated carbocycles. The molecule has 6 nitrogen and oxygen atoms in total. The zero-order chi connectivity index (χ0) is 15.1. The van der Waals surface area contributed by atoms with Gasteiger partial charge in [0, 0.05) is 11.3 Å². The monoisotopic (exact) mass is 312 g/mol. The maximum Gasteiger partial charge on any atom is 0.347 e. The second-order valence-corrected chi connectivity index (χ2v) is 5.79. The van der Waals surface area contributed by atoms with E-state index in [0.717, 1.165) is 4.88 Å². The van der Waals surface area contributed by atoms with Crippen molar-refractivity contribution in [3.05, 3.63) is 51.7 Å². The van der Waals surface area contributed by atoms with Gasteiger partial charge in [-0.1, -0.05) is 12.1 Å². The first kappa shape index (κ1) is 12.9. The Morgan fingerprint density at radius 3 is 2.73 bits per heavy atom. The van der Waals surface area contributed by atoms with Gasteiger partial charge in [0.05, 0.1) is 11.1 Å². The molecule has 0 N–H and O–H groups in total. The summed E-state index contributed by atoms with van der Waals surface area (Å²) in [5.74, 6) is -1.22. The highest BCUT2D eigenvalue weighted by Gasteiger charge is 2.34. The smallest absolute Gasteiger partial charge is 0.347 e. The number of hydrogen-bond donors (Lipinski definition) is 0. The van der Waals surface area contributed by atoms with Gasteiger partial charge in [0.25, 0.3) is 0 Å². The Labute approximate surface area is 128 Å². The van der Waals surface area contributed by atoms with Gasteiger partial charge >= 0.3 is 11.9 Å². The zero-order valence-corrected chi connectivity index (χ0v) is 11.9. The van der Waals surface area contributed by atoms with Gasteiger partial charge in [0.1, 0.15) is 11.0 Å². The van der Waals surface area contributed by atoms with Crippen molar-refractivity contribution < 1.29 is 19.0 Å². The summed E-state index contributed by atoms with van der Waals surface area (Å²) in [6.45, 7) is 0. The third-order valence-corrected chi connectivity index (χ3v) is 4.29. The molecule has 3 aromatic rings. The lowest BCUT2D eigenvalue weighted by Gasteiger charge is -2.01. The molecule has 4 rings (SSSR count). The van der Waals surface area contributed by atoms with Crippen LogP contribution in [0.15, 0.2) is 45.9 Å². The first-order valence-corrected chi connectivity index (χ1v) is 7.35. The second kappa shape index (κ2) is 4.88. The van der Waals surface area contributed by atoms with Gasteiger partial charge in [0.2, 0.25) is 0 Å². The fourth-order valence-electron chi connectivity index (χ4n) is 2.40. The number of esters is 2. The van der Waals surface area contributed by atoms with Gasteiger partial charge in [-0.25, -0.2) is 14.2 Å². The first-order chi connectivity index (χ1) is 10.7. The van der Waals surface area contributed by atoms with Crippen LogP contribution in [0.1, 0.15) is 10.4 Å². The number of nitrogens with zero attached hydrogens (tertiary/aromatic N) is 2. The van der Waals surface area contributed by atoms with E-state index in [1.54, 1.807) is 18.2 Å². The van der Waals surface area contributed by atoms with E-state index in [1.165, 1.54) is 11.3 Å². The van der Waals surface area contributed by atoms with Crippen molar-refractivity contribution >= 4 is 39.9 Å². The Morgan fingerprint density at radius 2 is 1.91 bits per heavy atom. The van der Waals surface area contributed by atoms with Crippen molar-refractivity contribution in [1.29, 1.82) is 0 Å². The van der Waals surface area contributed by atoms with Crippen molar-refractivity contribution in [3.63, 3.8) is 0 Å². The molecular weight excluding hydrogens is 304 g/mol. The molecule has 0 saturated heterocycles. The summed E-state index contributed by atoms with van der Waals surface area (Å²) in [5.41, 5.74) is 2.33. The van der Waals surface area contributed by atoms with Crippen molar-refractivity contribution in [1.82, 2.24) is 10.3 Å². The number of carbonyl (C=O) groups excluding carboxylic acids is 2. The number of aromatic nitrogens is 2. The van der Waals surface area contributed by atoms with Gasteiger partial charge < -0.3 is 4.74 Å². The van der Waals surface area contributed by atoms with Crippen LogP contribution in [0, 0.1) is 0 Å². The maximum absolute atomic E-state index is 12.0. The van der Waals surface area contributed by atoms with E-state index in [4.69, 9.17) is 4.74 Å². The largest absolute Gasteiger partial charge is 0.386 e. The van der Waals surface area contributed by atoms with Crippen LogP contribution >= 0.6 is 11.3 Å². The van der Waals surface area contributed by atoms with Crippen molar-refractivity contribution in [2.24, 2.45) is 0 Å². The van der Waals surface area contributed by atoms with E-state index < -0.39 is 11.9 Å². The molecule has 108 valence electrons. The average Bonchev–Trinajstić information content (AvgIpc) is 3.21. The van der Waals surface area contributed by atoms with Gasteiger partial charge in [0.15, 0.2) is 0 Å². The third kappa shape index (κ3) is 2.03. The van der Waals surface area contributed by atoms with Crippen LogP contribution in [0.2, 0.25) is 0 Å². The fourth-order valence-corrected chi connectivity index (χ4v) is 3.12. The predicted octanol–water partition coefficient (Wildman–Crippen LogP) is 2.36. The van der Waals surface area contributed by atoms with Gasteiger partial charge in [-0.05, 0) is 39.5 Å². The summed E-state index contributed by atoms with van der Waals surface area (Å²) in [6.07, 6.45) is 0.368. The van der Waals surface area contributed by atoms with Crippen LogP contribution < -0.4 is 0 Å². The lowest BCUT2D eigenvalue weighted by atomic mass is 9.98. The molecule has 0 radical (unpaired) electrons. The highest BCUT2D eigenvalue weighted by atomic mass is 32.1. The molecule has 2 aromatic heterocycles. The van der Waals surface area contributed by atoms with Crippen LogP contribution in [0.25, 0.3) is 16.6 Å². The molecule has 0 atom stereocenters. The van der Waals surface area contributed by atoms with E-state index in [2.05, 4.69) is 14.9 Å². The first-order valence-electron chi connectivity index (χ1n) is 6.47. The standard InChI is InChI=1S/C15H8N2O4S/c18-14-10(7-9-2-1-5-22-9)13(15(19)20-14)8-3-4-11-12(6-8)17-21-16-11/h1-6H,7H2. The number of fused-ring (bicyclic) bond motifs is 1. The van der Waals surface area contributed by atoms with Gasteiger partial charge in [-0.15, -0.1) is 11.3 Å². The number of hydrogen-bond acceptors (Lipinski definition) is 7. The molecule has 3 heterocycles. The molecule has 0 unspecified atom stereocenters. The van der Waals surface area contributed by atoms with Crippen LogP contribution in [0.3, 0.4) is 0 Å². The molecular formula is C15H8N2O4S. The van der Waals surface area contributed by atoms with Crippen LogP contribution in [-0.4, -0.2) is 22.3 Å². The fraction of sp³-hybridized carbons (Fsp3) is 0.0667. The summed E-state index contributed by atoms with van der Waals surface area (Å²) < 4.78 is 9.42. The molecule has 1 aliphatic rings. The second-order valence-electron chi connectivity index (χ2n) is 4.75. The van der Waals surface area contributed by atoms with E-state index in [1.807, 2.05) is 17.5 Å². The van der Waals surface area contributed by atoms with Gasteiger partial charge in [-0.3, -0.25) is 0 Å². The number of cyclic esters (lactones) is 2. The summed E-state index contributed by atoms with van der Waals surface area (Å²) >= 11 is 1.52. The molecule has 1 aliphatic heterocycles. The average molecular weight is 312 g/mol. The highest BCUT2D eigenvalue weighted by Crippen LogP contribution is 2.31. The minimum atomic E-state index is -0.632. The molecule has 0 aliphatic carbocycles. The molecule has 0 fully saturated rings. The molecule has 0 bridgehead atoms. The molecule has 22 heavy (non-hydrogen) atoms. The minimum absolute atomic E-state index is 0.281. The minimum Gasteiger partial charge on any atom is -0.386 e. The van der Waals surface area contributed by atoms with Crippen molar-refractivity contribution in [2.45, 2.75) is 6.42 Å². The number of thiophene rings is 1. The lowest BCUT2D eigenvalue weighted by Crippen LogP contribution is -2.03. The molecule has 7 heteroatoms. The lowest BCUT2D eigenvalue weighted by molar-refractivity contribution is -0.150. The summed E-state index contributed by atoms with van der Waals surface area (Å²) in [6, 6.07) is 8.87. The Morgan fingerprint density at radius 1 is 1.05 bits per heavy atom. The number of rotatable bonds is 3. The molecule has 0 spiro atoms. The Bertz CT molecular complexity index is 924. The Hall–Kier alpha value is -2.80. The molecule has 0 amide bonds. The maximum atomic E-state index is 12.0. The Kier molecular flexibility index (Phi) is 2.87. The normalized spacial score (nSPS) is 14.9. The third-order valence-electron chi connectivity index (χ3n) is 3.41. The van der Waals surface area contributed by atoms with Crippen molar-refractivity contribution in [3.8, 4) is 0 Å². The van der Waals surface area contributed by atoms with Crippen molar-refractivity contribution in [2.75, 3.05) is 0 Å². The van der Waals surface area contributed by atoms with Crippen LogP contribution in [0.4, 0.5) is 0 Å². The number of benzene rings is 1. The SMILES string of the molecule is O=C1OC(=O)C(c2ccc3nonc3c2)=C1Cc1cccs1.